The van der Waals surface area contributed by atoms with Gasteiger partial charge in [0.05, 0.1) is 23.8 Å². The third-order valence-electron chi connectivity index (χ3n) is 5.13. The summed E-state index contributed by atoms with van der Waals surface area (Å²) >= 11 is 0.905. The van der Waals surface area contributed by atoms with Crippen LogP contribution in [0.1, 0.15) is 44.9 Å². The molecule has 1 atom stereocenters. The van der Waals surface area contributed by atoms with Crippen LogP contribution < -0.4 is 9.21 Å². The number of amides is 2. The van der Waals surface area contributed by atoms with Crippen LogP contribution in [0.4, 0.5) is 34.3 Å². The Morgan fingerprint density at radius 1 is 1.13 bits per heavy atom. The highest BCUT2D eigenvalue weighted by Gasteiger charge is 2.40. The molecule has 2 aromatic carbocycles. The zero-order valence-corrected chi connectivity index (χ0v) is 22.7. The van der Waals surface area contributed by atoms with E-state index >= 15 is 8.78 Å². The first-order valence-electron chi connectivity index (χ1n) is 11.2. The molecular weight excluding hydrogens is 563 g/mol. The number of sulfonamides is 1. The minimum Gasteiger partial charge on any atom is -0.465 e. The van der Waals surface area contributed by atoms with Crippen molar-refractivity contribution < 1.29 is 46.1 Å². The lowest BCUT2D eigenvalue weighted by Gasteiger charge is -2.26. The van der Waals surface area contributed by atoms with E-state index in [9.17, 15) is 32.6 Å². The smallest absolute Gasteiger partial charge is 0.430 e. The van der Waals surface area contributed by atoms with Gasteiger partial charge in [0.25, 0.3) is 10.0 Å². The number of carbonyl (C=O) groups is 2. The lowest BCUT2D eigenvalue weighted by atomic mass is 10.0. The van der Waals surface area contributed by atoms with Crippen molar-refractivity contribution in [2.24, 2.45) is 0 Å². The number of anilines is 2. The number of aliphatic hydroxyl groups excluding tert-OH is 1. The summed E-state index contributed by atoms with van der Waals surface area (Å²) in [6, 6.07) is 4.50. The van der Waals surface area contributed by atoms with E-state index in [0.717, 1.165) is 22.8 Å². The van der Waals surface area contributed by atoms with Crippen molar-refractivity contribution in [2.75, 3.05) is 9.21 Å². The predicted octanol–water partition coefficient (Wildman–Crippen LogP) is 5.43. The summed E-state index contributed by atoms with van der Waals surface area (Å²) in [4.78, 5) is 27.3. The SMILES string of the molecule is CC(O)c1cccc(F)c1CN(C(=O)O)c1cc(F)c(S(=O)(=O)N(C(=O)OC(C)(C)C)c2cscn2)c(F)c1. The second-order valence-electron chi connectivity index (χ2n) is 9.19. The number of ether oxygens (including phenoxy) is 1. The summed E-state index contributed by atoms with van der Waals surface area (Å²) in [7, 11) is -5.31. The van der Waals surface area contributed by atoms with Gasteiger partial charge in [0.2, 0.25) is 0 Å². The number of carboxylic acid groups (broad SMARTS) is 1. The van der Waals surface area contributed by atoms with Gasteiger partial charge in [-0.05, 0) is 51.5 Å². The number of carbonyl (C=O) groups excluding carboxylic acids is 1. The van der Waals surface area contributed by atoms with Crippen molar-refractivity contribution in [3.63, 3.8) is 0 Å². The number of rotatable bonds is 7. The Morgan fingerprint density at radius 3 is 2.23 bits per heavy atom. The Bertz CT molecular complexity index is 1470. The van der Waals surface area contributed by atoms with Crippen LogP contribution >= 0.6 is 11.3 Å². The van der Waals surface area contributed by atoms with Gasteiger partial charge in [-0.25, -0.2) is 36.2 Å². The van der Waals surface area contributed by atoms with Crippen LogP contribution in [0.15, 0.2) is 46.1 Å². The van der Waals surface area contributed by atoms with Crippen LogP contribution in [-0.2, 0) is 21.3 Å². The highest BCUT2D eigenvalue weighted by Crippen LogP contribution is 2.33. The molecule has 10 nitrogen and oxygen atoms in total. The molecule has 210 valence electrons. The van der Waals surface area contributed by atoms with Gasteiger partial charge in [0, 0.05) is 10.9 Å². The molecule has 1 aromatic heterocycles. The van der Waals surface area contributed by atoms with E-state index in [1.54, 1.807) is 0 Å². The molecule has 0 saturated carbocycles. The molecule has 0 aliphatic rings. The van der Waals surface area contributed by atoms with Gasteiger partial charge >= 0.3 is 12.2 Å². The van der Waals surface area contributed by atoms with E-state index in [2.05, 4.69) is 4.98 Å². The molecule has 2 amide bonds. The molecule has 1 heterocycles. The van der Waals surface area contributed by atoms with E-state index in [0.29, 0.717) is 17.0 Å². The monoisotopic (exact) mass is 587 g/mol. The van der Waals surface area contributed by atoms with Gasteiger partial charge in [0.1, 0.15) is 23.1 Å². The van der Waals surface area contributed by atoms with E-state index < -0.39 is 74.3 Å². The quantitative estimate of drug-likeness (QED) is 0.373. The van der Waals surface area contributed by atoms with Crippen LogP contribution in [0, 0.1) is 17.5 Å². The van der Waals surface area contributed by atoms with Gasteiger partial charge in [0.15, 0.2) is 10.7 Å². The minimum absolute atomic E-state index is 0.000853. The molecule has 0 bridgehead atoms. The van der Waals surface area contributed by atoms with Gasteiger partial charge in [-0.15, -0.1) is 15.6 Å². The van der Waals surface area contributed by atoms with Crippen LogP contribution in [0.25, 0.3) is 0 Å². The van der Waals surface area contributed by atoms with Crippen LogP contribution in [0.5, 0.6) is 0 Å². The second-order valence-corrected chi connectivity index (χ2v) is 11.6. The summed E-state index contributed by atoms with van der Waals surface area (Å²) in [5.74, 6) is -4.82. The Kier molecular flexibility index (Phi) is 8.57. The van der Waals surface area contributed by atoms with Crippen molar-refractivity contribution in [3.8, 4) is 0 Å². The van der Waals surface area contributed by atoms with Crippen LogP contribution in [0.3, 0.4) is 0 Å². The Labute approximate surface area is 225 Å². The number of hydrogen-bond donors (Lipinski definition) is 2. The molecule has 3 rings (SSSR count). The molecule has 0 aliphatic heterocycles. The van der Waals surface area contributed by atoms with Crippen molar-refractivity contribution >= 4 is 45.1 Å². The molecule has 1 unspecified atom stereocenters. The zero-order valence-electron chi connectivity index (χ0n) is 21.1. The van der Waals surface area contributed by atoms with E-state index in [1.807, 2.05) is 0 Å². The lowest BCUT2D eigenvalue weighted by Crippen LogP contribution is -2.42. The molecule has 3 aromatic rings. The van der Waals surface area contributed by atoms with E-state index in [-0.39, 0.29) is 15.4 Å². The number of hydrogen-bond acceptors (Lipinski definition) is 8. The first-order chi connectivity index (χ1) is 18.0. The summed E-state index contributed by atoms with van der Waals surface area (Å²) in [6.45, 7) is 4.90. The summed E-state index contributed by atoms with van der Waals surface area (Å²) in [5.41, 5.74) is -0.882. The summed E-state index contributed by atoms with van der Waals surface area (Å²) in [5, 5.41) is 20.8. The summed E-state index contributed by atoms with van der Waals surface area (Å²) in [6.07, 6.45) is -4.42. The fraction of sp³-hybridized carbons (Fsp3) is 0.292. The lowest BCUT2D eigenvalue weighted by molar-refractivity contribution is 0.0608. The molecule has 0 spiro atoms. The second kappa shape index (κ2) is 11.2. The molecule has 0 radical (unpaired) electrons. The number of thiazole rings is 1. The minimum atomic E-state index is -5.31. The fourth-order valence-electron chi connectivity index (χ4n) is 3.53. The third-order valence-corrected chi connectivity index (χ3v) is 7.43. The normalized spacial score (nSPS) is 12.6. The van der Waals surface area contributed by atoms with Crippen LogP contribution in [0.2, 0.25) is 0 Å². The largest absolute Gasteiger partial charge is 0.465 e. The average Bonchev–Trinajstić information content (AvgIpc) is 3.29. The number of benzene rings is 2. The van der Waals surface area contributed by atoms with Gasteiger partial charge in [-0.3, -0.25) is 4.90 Å². The van der Waals surface area contributed by atoms with Crippen molar-refractivity contribution in [2.45, 2.75) is 50.8 Å². The zero-order chi connectivity index (χ0) is 29.3. The highest BCUT2D eigenvalue weighted by atomic mass is 32.2. The summed E-state index contributed by atoms with van der Waals surface area (Å²) < 4.78 is 77.0. The predicted molar refractivity (Wildman–Crippen MR) is 136 cm³/mol. The number of halogens is 3. The Hall–Kier alpha value is -3.69. The molecular formula is C24H24F3N3O7S2. The third kappa shape index (κ3) is 6.49. The topological polar surface area (TPSA) is 137 Å². The molecule has 15 heteroatoms. The van der Waals surface area contributed by atoms with Crippen molar-refractivity contribution in [3.05, 3.63) is 69.8 Å². The maximum Gasteiger partial charge on any atom is 0.430 e. The maximum absolute atomic E-state index is 15.3. The fourth-order valence-corrected chi connectivity index (χ4v) is 5.48. The maximum atomic E-state index is 15.3. The average molecular weight is 588 g/mol. The molecule has 0 saturated heterocycles. The molecule has 39 heavy (non-hydrogen) atoms. The van der Waals surface area contributed by atoms with Crippen LogP contribution in [-0.4, -0.2) is 41.4 Å². The van der Waals surface area contributed by atoms with Crippen molar-refractivity contribution in [1.29, 1.82) is 0 Å². The Morgan fingerprint density at radius 2 is 1.74 bits per heavy atom. The Balaban J connectivity index is 2.11. The number of nitrogens with zero attached hydrogens (tertiary/aromatic N) is 3. The number of aromatic nitrogens is 1. The molecule has 0 aliphatic carbocycles. The molecule has 0 fully saturated rings. The first kappa shape index (κ1) is 29.9. The molecule has 2 N–H and O–H groups in total. The standard InChI is InChI=1S/C24H24F3N3O7S2/c1-13(31)15-6-5-7-17(25)16(15)10-29(22(32)33)14-8-18(26)21(19(27)9-14)39(35,36)30(20-11-38-12-28-20)23(34)37-24(2,3)4/h5-9,11-13,31H,10H2,1-4H3,(H,32,33). The van der Waals surface area contributed by atoms with E-state index in [4.69, 9.17) is 4.74 Å². The van der Waals surface area contributed by atoms with Crippen molar-refractivity contribution in [1.82, 2.24) is 4.98 Å². The van der Waals surface area contributed by atoms with Gasteiger partial charge in [-0.1, -0.05) is 12.1 Å². The van der Waals surface area contributed by atoms with Gasteiger partial charge < -0.3 is 14.9 Å². The van der Waals surface area contributed by atoms with Gasteiger partial charge in [-0.2, -0.15) is 0 Å². The number of aliphatic hydroxyl groups is 1. The highest BCUT2D eigenvalue weighted by molar-refractivity contribution is 7.93. The first-order valence-corrected chi connectivity index (χ1v) is 13.5. The van der Waals surface area contributed by atoms with E-state index in [1.165, 1.54) is 45.3 Å².